The Kier molecular flexibility index (Phi) is 5.29. The smallest absolute Gasteiger partial charge is 0.338 e. The summed E-state index contributed by atoms with van der Waals surface area (Å²) in [7, 11) is 0. The Labute approximate surface area is 103 Å². The number of benzene rings is 1. The summed E-state index contributed by atoms with van der Waals surface area (Å²) in [6.07, 6.45) is 0. The number of ether oxygens (including phenoxy) is 1. The molecule has 0 aliphatic heterocycles. The van der Waals surface area contributed by atoms with Crippen LogP contribution in [-0.2, 0) is 4.74 Å². The van der Waals surface area contributed by atoms with Gasteiger partial charge in [-0.1, -0.05) is 0 Å². The van der Waals surface area contributed by atoms with Crippen LogP contribution >= 0.6 is 0 Å². The zero-order valence-corrected chi connectivity index (χ0v) is 9.57. The zero-order valence-electron chi connectivity index (χ0n) is 9.57. The van der Waals surface area contributed by atoms with Crippen LogP contribution in [-0.4, -0.2) is 47.1 Å². The van der Waals surface area contributed by atoms with Crippen molar-refractivity contribution in [3.05, 3.63) is 35.4 Å². The Hall–Kier alpha value is -1.92. The minimum absolute atomic E-state index is 0.0788. The molecule has 0 radical (unpaired) electrons. The molecule has 6 nitrogen and oxygen atoms in total. The van der Waals surface area contributed by atoms with Crippen molar-refractivity contribution in [2.75, 3.05) is 19.8 Å². The summed E-state index contributed by atoms with van der Waals surface area (Å²) in [6.45, 7) is -0.643. The molecule has 1 rings (SSSR count). The topological polar surface area (TPSA) is 104 Å². The Balaban J connectivity index is 2.59. The standard InChI is InChI=1S/C12H14O6/c13-5-8(6-14)7-18-12(17)10-3-1-9(2-4-10)11(15)16/h1-4,8,13-14H,5-7H2,(H,15,16). The van der Waals surface area contributed by atoms with Crippen molar-refractivity contribution in [2.45, 2.75) is 0 Å². The number of aliphatic hydroxyl groups is 2. The van der Waals surface area contributed by atoms with Gasteiger partial charge in [-0.15, -0.1) is 0 Å². The number of esters is 1. The Morgan fingerprint density at radius 1 is 1.06 bits per heavy atom. The predicted molar refractivity (Wildman–Crippen MR) is 61.3 cm³/mol. The molecule has 0 atom stereocenters. The molecule has 0 spiro atoms. The van der Waals surface area contributed by atoms with Crippen LogP contribution in [0.2, 0.25) is 0 Å². The summed E-state index contributed by atoms with van der Waals surface area (Å²) >= 11 is 0. The second-order valence-electron chi connectivity index (χ2n) is 3.71. The first-order chi connectivity index (χ1) is 8.58. The largest absolute Gasteiger partial charge is 0.478 e. The first-order valence-corrected chi connectivity index (χ1v) is 5.30. The molecule has 0 saturated carbocycles. The zero-order chi connectivity index (χ0) is 13.5. The highest BCUT2D eigenvalue weighted by molar-refractivity contribution is 5.92. The van der Waals surface area contributed by atoms with Crippen LogP contribution in [0.15, 0.2) is 24.3 Å². The molecule has 18 heavy (non-hydrogen) atoms. The molecule has 98 valence electrons. The molecule has 0 unspecified atom stereocenters. The van der Waals surface area contributed by atoms with Crippen LogP contribution in [0.5, 0.6) is 0 Å². The highest BCUT2D eigenvalue weighted by atomic mass is 16.5. The van der Waals surface area contributed by atoms with Crippen molar-refractivity contribution in [2.24, 2.45) is 5.92 Å². The maximum atomic E-state index is 11.5. The molecule has 1 aromatic rings. The molecule has 0 aromatic heterocycles. The lowest BCUT2D eigenvalue weighted by atomic mass is 10.1. The number of carbonyl (C=O) groups excluding carboxylic acids is 1. The first-order valence-electron chi connectivity index (χ1n) is 5.30. The molecule has 3 N–H and O–H groups in total. The van der Waals surface area contributed by atoms with E-state index in [4.69, 9.17) is 20.1 Å². The lowest BCUT2D eigenvalue weighted by molar-refractivity contribution is 0.0304. The van der Waals surface area contributed by atoms with Gasteiger partial charge in [0.1, 0.15) is 0 Å². The van der Waals surface area contributed by atoms with Gasteiger partial charge in [0.25, 0.3) is 0 Å². The van der Waals surface area contributed by atoms with Crippen LogP contribution in [0.25, 0.3) is 0 Å². The molecule has 6 heteroatoms. The highest BCUT2D eigenvalue weighted by Gasteiger charge is 2.12. The van der Waals surface area contributed by atoms with Crippen molar-refractivity contribution < 1.29 is 29.6 Å². The molecule has 0 saturated heterocycles. The van der Waals surface area contributed by atoms with E-state index in [9.17, 15) is 9.59 Å². The van der Waals surface area contributed by atoms with E-state index in [1.54, 1.807) is 0 Å². The van der Waals surface area contributed by atoms with Gasteiger partial charge in [-0.25, -0.2) is 9.59 Å². The van der Waals surface area contributed by atoms with E-state index >= 15 is 0 Å². The molecular weight excluding hydrogens is 240 g/mol. The minimum atomic E-state index is -1.07. The van der Waals surface area contributed by atoms with Crippen LogP contribution in [0.1, 0.15) is 20.7 Å². The van der Waals surface area contributed by atoms with Gasteiger partial charge in [0.2, 0.25) is 0 Å². The molecule has 0 aliphatic rings. The third-order valence-electron chi connectivity index (χ3n) is 2.33. The maximum Gasteiger partial charge on any atom is 0.338 e. The van der Waals surface area contributed by atoms with E-state index in [1.165, 1.54) is 24.3 Å². The van der Waals surface area contributed by atoms with Crippen molar-refractivity contribution in [1.29, 1.82) is 0 Å². The average molecular weight is 254 g/mol. The molecule has 0 bridgehead atoms. The summed E-state index contributed by atoms with van der Waals surface area (Å²) < 4.78 is 4.87. The number of carboxylic acid groups (broad SMARTS) is 1. The maximum absolute atomic E-state index is 11.5. The summed E-state index contributed by atoms with van der Waals surface area (Å²) in [5.74, 6) is -2.21. The molecule has 0 aliphatic carbocycles. The summed E-state index contributed by atoms with van der Waals surface area (Å²) in [4.78, 5) is 22.1. The average Bonchev–Trinajstić information content (AvgIpc) is 2.39. The van der Waals surface area contributed by atoms with Crippen molar-refractivity contribution in [1.82, 2.24) is 0 Å². The Morgan fingerprint density at radius 2 is 1.56 bits per heavy atom. The molecule has 0 fully saturated rings. The van der Waals surface area contributed by atoms with Crippen LogP contribution < -0.4 is 0 Å². The monoisotopic (exact) mass is 254 g/mol. The Morgan fingerprint density at radius 3 is 2.00 bits per heavy atom. The number of aliphatic hydroxyl groups excluding tert-OH is 2. The number of hydrogen-bond donors (Lipinski definition) is 3. The number of hydrogen-bond acceptors (Lipinski definition) is 5. The lowest BCUT2D eigenvalue weighted by Crippen LogP contribution is -2.20. The lowest BCUT2D eigenvalue weighted by Gasteiger charge is -2.11. The SMILES string of the molecule is O=C(O)c1ccc(C(=O)OCC(CO)CO)cc1. The molecular formula is C12H14O6. The minimum Gasteiger partial charge on any atom is -0.478 e. The van der Waals surface area contributed by atoms with Crippen molar-refractivity contribution in [3.8, 4) is 0 Å². The molecule has 1 aromatic carbocycles. The Bertz CT molecular complexity index is 407. The van der Waals surface area contributed by atoms with Gasteiger partial charge in [-0.3, -0.25) is 0 Å². The van der Waals surface area contributed by atoms with Crippen LogP contribution in [0, 0.1) is 5.92 Å². The fraction of sp³-hybridized carbons (Fsp3) is 0.333. The van der Waals surface area contributed by atoms with E-state index in [0.29, 0.717) is 0 Å². The quantitative estimate of drug-likeness (QED) is 0.624. The van der Waals surface area contributed by atoms with Gasteiger partial charge >= 0.3 is 11.9 Å². The fourth-order valence-corrected chi connectivity index (χ4v) is 1.19. The first kappa shape index (κ1) is 14.1. The predicted octanol–water partition coefficient (Wildman–Crippen LogP) is 0.142. The summed E-state index contributed by atoms with van der Waals surface area (Å²) in [6, 6.07) is 5.29. The number of carbonyl (C=O) groups is 2. The van der Waals surface area contributed by atoms with Crippen LogP contribution in [0.3, 0.4) is 0 Å². The molecule has 0 amide bonds. The van der Waals surface area contributed by atoms with E-state index in [1.807, 2.05) is 0 Å². The summed E-state index contributed by atoms with van der Waals surface area (Å²) in [5, 5.41) is 26.3. The van der Waals surface area contributed by atoms with Gasteiger partial charge < -0.3 is 20.1 Å². The second kappa shape index (κ2) is 6.73. The van der Waals surface area contributed by atoms with Crippen molar-refractivity contribution >= 4 is 11.9 Å². The fourth-order valence-electron chi connectivity index (χ4n) is 1.19. The van der Waals surface area contributed by atoms with Gasteiger partial charge in [0, 0.05) is 5.92 Å². The van der Waals surface area contributed by atoms with E-state index in [-0.39, 0.29) is 30.9 Å². The van der Waals surface area contributed by atoms with E-state index in [2.05, 4.69) is 0 Å². The van der Waals surface area contributed by atoms with E-state index in [0.717, 1.165) is 0 Å². The summed E-state index contributed by atoms with van der Waals surface area (Å²) in [5.41, 5.74) is 0.296. The molecule has 0 heterocycles. The highest BCUT2D eigenvalue weighted by Crippen LogP contribution is 2.07. The number of rotatable bonds is 6. The van der Waals surface area contributed by atoms with Gasteiger partial charge in [-0.05, 0) is 24.3 Å². The van der Waals surface area contributed by atoms with Crippen molar-refractivity contribution in [3.63, 3.8) is 0 Å². The third-order valence-corrected chi connectivity index (χ3v) is 2.33. The van der Waals surface area contributed by atoms with Crippen LogP contribution in [0.4, 0.5) is 0 Å². The van der Waals surface area contributed by atoms with E-state index < -0.39 is 17.9 Å². The van der Waals surface area contributed by atoms with Gasteiger partial charge in [0.05, 0.1) is 30.9 Å². The number of aromatic carboxylic acids is 1. The van der Waals surface area contributed by atoms with Gasteiger partial charge in [0.15, 0.2) is 0 Å². The number of carboxylic acids is 1. The third kappa shape index (κ3) is 3.83. The van der Waals surface area contributed by atoms with Gasteiger partial charge in [-0.2, -0.15) is 0 Å². The normalized spacial score (nSPS) is 10.4. The second-order valence-corrected chi connectivity index (χ2v) is 3.71.